The van der Waals surface area contributed by atoms with Crippen LogP contribution in [-0.2, 0) is 4.79 Å². The van der Waals surface area contributed by atoms with E-state index in [-0.39, 0.29) is 11.8 Å². The second-order valence-corrected chi connectivity index (χ2v) is 5.97. The molecular formula is C16H16BrNO. The van der Waals surface area contributed by atoms with Crippen LogP contribution >= 0.6 is 15.9 Å². The van der Waals surface area contributed by atoms with E-state index in [9.17, 15) is 4.79 Å². The lowest BCUT2D eigenvalue weighted by Gasteiger charge is -2.13. The summed E-state index contributed by atoms with van der Waals surface area (Å²) in [7, 11) is 0. The Morgan fingerprint density at radius 1 is 1.05 bits per heavy atom. The van der Waals surface area contributed by atoms with Gasteiger partial charge in [-0.15, -0.1) is 0 Å². The lowest BCUT2D eigenvalue weighted by Crippen LogP contribution is -2.20. The molecule has 2 aromatic carbocycles. The molecule has 0 heterocycles. The molecule has 1 fully saturated rings. The molecule has 1 aliphatic rings. The summed E-state index contributed by atoms with van der Waals surface area (Å²) in [5, 5.41) is 5.31. The summed E-state index contributed by atoms with van der Waals surface area (Å²) in [4.78, 5) is 12.2. The number of rotatable bonds is 2. The van der Waals surface area contributed by atoms with E-state index in [1.807, 2.05) is 30.3 Å². The first kappa shape index (κ1) is 12.7. The Balaban J connectivity index is 1.92. The Labute approximate surface area is 121 Å². The zero-order valence-corrected chi connectivity index (χ0v) is 12.2. The third-order valence-corrected chi connectivity index (χ3v) is 4.55. The van der Waals surface area contributed by atoms with E-state index in [4.69, 9.17) is 0 Å². The van der Waals surface area contributed by atoms with Crippen molar-refractivity contribution in [3.8, 4) is 0 Å². The van der Waals surface area contributed by atoms with Crippen LogP contribution in [0.15, 0.2) is 40.9 Å². The van der Waals surface area contributed by atoms with Gasteiger partial charge in [-0.3, -0.25) is 4.79 Å². The quantitative estimate of drug-likeness (QED) is 0.852. The number of anilines is 1. The van der Waals surface area contributed by atoms with Gasteiger partial charge in [0.15, 0.2) is 0 Å². The number of hydrogen-bond donors (Lipinski definition) is 1. The maximum Gasteiger partial charge on any atom is 0.227 e. The number of carbonyl (C=O) groups excluding carboxylic acids is 1. The van der Waals surface area contributed by atoms with Crippen LogP contribution in [0.2, 0.25) is 0 Å². The predicted octanol–water partition coefficient (Wildman–Crippen LogP) is 4.73. The largest absolute Gasteiger partial charge is 0.325 e. The normalized spacial score (nSPS) is 15.8. The van der Waals surface area contributed by atoms with Crippen molar-refractivity contribution in [1.29, 1.82) is 0 Å². The highest BCUT2D eigenvalue weighted by Crippen LogP contribution is 2.31. The topological polar surface area (TPSA) is 29.1 Å². The number of fused-ring (bicyclic) bond motifs is 1. The average Bonchev–Trinajstić information content (AvgIpc) is 2.96. The summed E-state index contributed by atoms with van der Waals surface area (Å²) in [6, 6.07) is 12.1. The fourth-order valence-corrected chi connectivity index (χ4v) is 3.27. The van der Waals surface area contributed by atoms with E-state index >= 15 is 0 Å². The average molecular weight is 318 g/mol. The number of hydrogen-bond acceptors (Lipinski definition) is 1. The van der Waals surface area contributed by atoms with E-state index in [2.05, 4.69) is 27.3 Å². The molecule has 3 heteroatoms. The first-order chi connectivity index (χ1) is 9.25. The van der Waals surface area contributed by atoms with Gasteiger partial charge in [0.25, 0.3) is 0 Å². The Hall–Kier alpha value is -1.35. The highest BCUT2D eigenvalue weighted by molar-refractivity contribution is 9.10. The summed E-state index contributed by atoms with van der Waals surface area (Å²) in [6.07, 6.45) is 4.42. The second kappa shape index (κ2) is 5.33. The van der Waals surface area contributed by atoms with Gasteiger partial charge in [0.05, 0.1) is 0 Å². The van der Waals surface area contributed by atoms with Gasteiger partial charge in [-0.25, -0.2) is 0 Å². The molecule has 0 aliphatic heterocycles. The van der Waals surface area contributed by atoms with Crippen molar-refractivity contribution in [2.45, 2.75) is 25.7 Å². The third kappa shape index (κ3) is 2.52. The molecule has 2 nitrogen and oxygen atoms in total. The SMILES string of the molecule is O=C(Nc1ccc(Br)c2ccccc12)C1CCCC1. The Morgan fingerprint density at radius 2 is 1.74 bits per heavy atom. The summed E-state index contributed by atoms with van der Waals surface area (Å²) in [5.41, 5.74) is 0.913. The highest BCUT2D eigenvalue weighted by atomic mass is 79.9. The van der Waals surface area contributed by atoms with Crippen LogP contribution < -0.4 is 5.32 Å². The molecule has 1 amide bonds. The van der Waals surface area contributed by atoms with Crippen LogP contribution in [0.3, 0.4) is 0 Å². The Bertz CT molecular complexity index is 617. The maximum absolute atomic E-state index is 12.2. The lowest BCUT2D eigenvalue weighted by molar-refractivity contribution is -0.119. The van der Waals surface area contributed by atoms with Crippen molar-refractivity contribution in [2.24, 2.45) is 5.92 Å². The molecule has 0 bridgehead atoms. The van der Waals surface area contributed by atoms with Gasteiger partial charge < -0.3 is 5.32 Å². The van der Waals surface area contributed by atoms with Gasteiger partial charge in [0.2, 0.25) is 5.91 Å². The zero-order chi connectivity index (χ0) is 13.2. The second-order valence-electron chi connectivity index (χ2n) is 5.11. The molecule has 19 heavy (non-hydrogen) atoms. The van der Waals surface area contributed by atoms with Crippen LogP contribution in [-0.4, -0.2) is 5.91 Å². The molecule has 98 valence electrons. The predicted molar refractivity (Wildman–Crippen MR) is 82.2 cm³/mol. The number of carbonyl (C=O) groups is 1. The monoisotopic (exact) mass is 317 g/mol. The molecular weight excluding hydrogens is 302 g/mol. The lowest BCUT2D eigenvalue weighted by atomic mass is 10.1. The molecule has 0 saturated heterocycles. The van der Waals surface area contributed by atoms with E-state index in [0.29, 0.717) is 0 Å². The summed E-state index contributed by atoms with van der Waals surface area (Å²) >= 11 is 3.55. The minimum absolute atomic E-state index is 0.171. The number of nitrogens with one attached hydrogen (secondary N) is 1. The summed E-state index contributed by atoms with van der Waals surface area (Å²) < 4.78 is 1.06. The van der Waals surface area contributed by atoms with Gasteiger partial charge >= 0.3 is 0 Å². The number of halogens is 1. The standard InChI is InChI=1S/C16H16BrNO/c17-14-9-10-15(13-8-4-3-7-12(13)14)18-16(19)11-5-1-2-6-11/h3-4,7-11H,1-2,5-6H2,(H,18,19). The molecule has 1 N–H and O–H groups in total. The van der Waals surface area contributed by atoms with Crippen molar-refractivity contribution in [3.63, 3.8) is 0 Å². The molecule has 0 atom stereocenters. The smallest absolute Gasteiger partial charge is 0.227 e. The van der Waals surface area contributed by atoms with E-state index in [1.54, 1.807) is 0 Å². The van der Waals surface area contributed by atoms with Crippen molar-refractivity contribution >= 4 is 38.3 Å². The van der Waals surface area contributed by atoms with E-state index in [1.165, 1.54) is 12.8 Å². The van der Waals surface area contributed by atoms with Crippen LogP contribution in [0.4, 0.5) is 5.69 Å². The fourth-order valence-electron chi connectivity index (χ4n) is 2.79. The molecule has 0 spiro atoms. The first-order valence-corrected chi connectivity index (χ1v) is 7.53. The van der Waals surface area contributed by atoms with Crippen molar-refractivity contribution in [3.05, 3.63) is 40.9 Å². The molecule has 1 aliphatic carbocycles. The van der Waals surface area contributed by atoms with Crippen molar-refractivity contribution in [2.75, 3.05) is 5.32 Å². The van der Waals surface area contributed by atoms with Crippen molar-refractivity contribution < 1.29 is 4.79 Å². The van der Waals surface area contributed by atoms with Crippen molar-refractivity contribution in [1.82, 2.24) is 0 Å². The third-order valence-electron chi connectivity index (χ3n) is 3.85. The van der Waals surface area contributed by atoms with E-state index < -0.39 is 0 Å². The maximum atomic E-state index is 12.2. The fraction of sp³-hybridized carbons (Fsp3) is 0.312. The zero-order valence-electron chi connectivity index (χ0n) is 10.7. The molecule has 1 saturated carbocycles. The van der Waals surface area contributed by atoms with E-state index in [0.717, 1.165) is 33.8 Å². The highest BCUT2D eigenvalue weighted by Gasteiger charge is 2.23. The van der Waals surface area contributed by atoms with Gasteiger partial charge in [-0.1, -0.05) is 53.0 Å². The molecule has 0 radical (unpaired) electrons. The molecule has 3 rings (SSSR count). The van der Waals surface area contributed by atoms with Gasteiger partial charge in [-0.2, -0.15) is 0 Å². The van der Waals surface area contributed by atoms with Crippen LogP contribution in [0, 0.1) is 5.92 Å². The van der Waals surface area contributed by atoms with Crippen LogP contribution in [0.5, 0.6) is 0 Å². The Morgan fingerprint density at radius 3 is 2.47 bits per heavy atom. The molecule has 0 unspecified atom stereocenters. The molecule has 2 aromatic rings. The van der Waals surface area contributed by atoms with Gasteiger partial charge in [0.1, 0.15) is 0 Å². The van der Waals surface area contributed by atoms with Crippen LogP contribution in [0.25, 0.3) is 10.8 Å². The van der Waals surface area contributed by atoms with Gasteiger partial charge in [0, 0.05) is 21.5 Å². The minimum Gasteiger partial charge on any atom is -0.325 e. The van der Waals surface area contributed by atoms with Crippen LogP contribution in [0.1, 0.15) is 25.7 Å². The summed E-state index contributed by atoms with van der Waals surface area (Å²) in [6.45, 7) is 0. The number of amides is 1. The first-order valence-electron chi connectivity index (χ1n) is 6.74. The van der Waals surface area contributed by atoms with Gasteiger partial charge in [-0.05, 0) is 30.4 Å². The minimum atomic E-state index is 0.171. The summed E-state index contributed by atoms with van der Waals surface area (Å²) in [5.74, 6) is 0.368. The number of benzene rings is 2. The Kier molecular flexibility index (Phi) is 3.56. The molecule has 0 aromatic heterocycles.